The zero-order valence-corrected chi connectivity index (χ0v) is 14.8. The first kappa shape index (κ1) is 17.4. The Hall–Kier alpha value is -1.98. The number of ether oxygens (including phenoxy) is 1. The summed E-state index contributed by atoms with van der Waals surface area (Å²) in [6.45, 7) is 9.44. The van der Waals surface area contributed by atoms with E-state index in [9.17, 15) is 4.79 Å². The van der Waals surface area contributed by atoms with Gasteiger partial charge < -0.3 is 20.3 Å². The number of anilines is 2. The Labute approximate surface area is 138 Å². The average molecular weight is 320 g/mol. The summed E-state index contributed by atoms with van der Waals surface area (Å²) in [5, 5.41) is 6.16. The Kier molecular flexibility index (Phi) is 5.02. The van der Waals surface area contributed by atoms with Crippen molar-refractivity contribution in [1.82, 2.24) is 10.3 Å². The summed E-state index contributed by atoms with van der Waals surface area (Å²) in [5.74, 6) is 0.885. The van der Waals surface area contributed by atoms with Crippen molar-refractivity contribution in [3.05, 3.63) is 18.3 Å². The van der Waals surface area contributed by atoms with Gasteiger partial charge in [-0.15, -0.1) is 0 Å². The monoisotopic (exact) mass is 320 g/mol. The fraction of sp³-hybridized carbons (Fsp3) is 0.647. The standard InChI is InChI=1S/C17H28N4O2/c1-16(2,3)23-15(22)20-17(4)8-11-21(12-9-17)13-7-6-10-19-14(13)18-5/h6-7,10H,8-9,11-12H2,1-5H3,(H,18,19)(H,20,22). The van der Waals surface area contributed by atoms with Crippen LogP contribution in [0.2, 0.25) is 0 Å². The summed E-state index contributed by atoms with van der Waals surface area (Å²) in [6.07, 6.45) is 3.17. The first-order chi connectivity index (χ1) is 10.7. The van der Waals surface area contributed by atoms with Crippen LogP contribution in [0.4, 0.5) is 16.3 Å². The molecule has 1 amide bonds. The molecule has 0 unspecified atom stereocenters. The molecule has 1 saturated heterocycles. The first-order valence-corrected chi connectivity index (χ1v) is 8.11. The minimum Gasteiger partial charge on any atom is -0.444 e. The van der Waals surface area contributed by atoms with Gasteiger partial charge in [0.05, 0.1) is 5.69 Å². The quantitative estimate of drug-likeness (QED) is 0.896. The fourth-order valence-electron chi connectivity index (χ4n) is 2.76. The number of amides is 1. The van der Waals surface area contributed by atoms with Gasteiger partial charge >= 0.3 is 6.09 Å². The molecule has 0 atom stereocenters. The lowest BCUT2D eigenvalue weighted by molar-refractivity contribution is 0.0448. The second-order valence-electron chi connectivity index (χ2n) is 7.30. The number of hydrogen-bond donors (Lipinski definition) is 2. The van der Waals surface area contributed by atoms with E-state index in [1.807, 2.05) is 33.9 Å². The summed E-state index contributed by atoms with van der Waals surface area (Å²) >= 11 is 0. The Morgan fingerprint density at radius 1 is 1.35 bits per heavy atom. The van der Waals surface area contributed by atoms with Crippen LogP contribution in [0.25, 0.3) is 0 Å². The summed E-state index contributed by atoms with van der Waals surface area (Å²) in [4.78, 5) is 18.7. The molecular weight excluding hydrogens is 292 g/mol. The van der Waals surface area contributed by atoms with Crippen molar-refractivity contribution in [2.24, 2.45) is 0 Å². The van der Waals surface area contributed by atoms with E-state index in [0.717, 1.165) is 37.4 Å². The molecule has 0 radical (unpaired) electrons. The number of rotatable bonds is 3. The van der Waals surface area contributed by atoms with Crippen molar-refractivity contribution in [3.63, 3.8) is 0 Å². The van der Waals surface area contributed by atoms with E-state index in [-0.39, 0.29) is 11.6 Å². The number of pyridine rings is 1. The maximum atomic E-state index is 12.0. The van der Waals surface area contributed by atoms with Crippen LogP contribution in [-0.4, -0.2) is 42.4 Å². The zero-order chi connectivity index (χ0) is 17.1. The van der Waals surface area contributed by atoms with Gasteiger partial charge in [-0.25, -0.2) is 9.78 Å². The van der Waals surface area contributed by atoms with Crippen molar-refractivity contribution in [1.29, 1.82) is 0 Å². The maximum Gasteiger partial charge on any atom is 0.408 e. The Morgan fingerprint density at radius 2 is 2.00 bits per heavy atom. The van der Waals surface area contributed by atoms with E-state index >= 15 is 0 Å². The van der Waals surface area contributed by atoms with Crippen molar-refractivity contribution >= 4 is 17.6 Å². The molecule has 23 heavy (non-hydrogen) atoms. The number of nitrogens with one attached hydrogen (secondary N) is 2. The van der Waals surface area contributed by atoms with Gasteiger partial charge in [0.1, 0.15) is 11.4 Å². The van der Waals surface area contributed by atoms with Gasteiger partial charge in [0.2, 0.25) is 0 Å². The molecule has 6 heteroatoms. The van der Waals surface area contributed by atoms with E-state index in [0.29, 0.717) is 0 Å². The predicted molar refractivity (Wildman–Crippen MR) is 93.0 cm³/mol. The maximum absolute atomic E-state index is 12.0. The van der Waals surface area contributed by atoms with Crippen molar-refractivity contribution < 1.29 is 9.53 Å². The van der Waals surface area contributed by atoms with Crippen LogP contribution < -0.4 is 15.5 Å². The number of aromatic nitrogens is 1. The van der Waals surface area contributed by atoms with Crippen molar-refractivity contribution in [2.75, 3.05) is 30.4 Å². The summed E-state index contributed by atoms with van der Waals surface area (Å²) in [6, 6.07) is 4.02. The lowest BCUT2D eigenvalue weighted by Crippen LogP contribution is -2.54. The predicted octanol–water partition coefficient (Wildman–Crippen LogP) is 3.01. The molecule has 6 nitrogen and oxygen atoms in total. The van der Waals surface area contributed by atoms with Crippen molar-refractivity contribution in [2.45, 2.75) is 51.7 Å². The SMILES string of the molecule is CNc1ncccc1N1CCC(C)(NC(=O)OC(C)(C)C)CC1. The smallest absolute Gasteiger partial charge is 0.408 e. The number of carbonyl (C=O) groups is 1. The van der Waals surface area contributed by atoms with Crippen LogP contribution in [0.5, 0.6) is 0 Å². The van der Waals surface area contributed by atoms with E-state index in [1.54, 1.807) is 6.20 Å². The van der Waals surface area contributed by atoms with Crippen LogP contribution in [0.3, 0.4) is 0 Å². The Balaban J connectivity index is 1.96. The number of nitrogens with zero attached hydrogens (tertiary/aromatic N) is 2. The third-order valence-electron chi connectivity index (χ3n) is 4.03. The average Bonchev–Trinajstić information content (AvgIpc) is 2.45. The minimum absolute atomic E-state index is 0.235. The molecule has 2 rings (SSSR count). The molecule has 1 aliphatic heterocycles. The van der Waals surface area contributed by atoms with Gasteiger partial charge in [-0.1, -0.05) is 0 Å². The van der Waals surface area contributed by atoms with Gasteiger partial charge in [-0.3, -0.25) is 0 Å². The van der Waals surface area contributed by atoms with Gasteiger partial charge in [0, 0.05) is 31.9 Å². The van der Waals surface area contributed by atoms with Crippen molar-refractivity contribution in [3.8, 4) is 0 Å². The molecular formula is C17H28N4O2. The highest BCUT2D eigenvalue weighted by molar-refractivity contribution is 5.69. The van der Waals surface area contributed by atoms with E-state index in [4.69, 9.17) is 4.74 Å². The number of piperidine rings is 1. The molecule has 128 valence electrons. The molecule has 0 aromatic carbocycles. The summed E-state index contributed by atoms with van der Waals surface area (Å²) < 4.78 is 5.37. The Bertz CT molecular complexity index is 546. The van der Waals surface area contributed by atoms with Crippen LogP contribution >= 0.6 is 0 Å². The third-order valence-corrected chi connectivity index (χ3v) is 4.03. The van der Waals surface area contributed by atoms with Gasteiger partial charge in [0.15, 0.2) is 0 Å². The second kappa shape index (κ2) is 6.64. The van der Waals surface area contributed by atoms with E-state index in [2.05, 4.69) is 33.5 Å². The molecule has 2 N–H and O–H groups in total. The lowest BCUT2D eigenvalue weighted by atomic mass is 9.89. The third kappa shape index (κ3) is 4.74. The summed E-state index contributed by atoms with van der Waals surface area (Å²) in [5.41, 5.74) is 0.397. The number of alkyl carbamates (subject to hydrolysis) is 1. The highest BCUT2D eigenvalue weighted by Crippen LogP contribution is 2.29. The van der Waals surface area contributed by atoms with E-state index in [1.165, 1.54) is 0 Å². The normalized spacial score (nSPS) is 17.5. The topological polar surface area (TPSA) is 66.5 Å². The van der Waals surface area contributed by atoms with Gasteiger partial charge in [-0.05, 0) is 52.7 Å². The fourth-order valence-corrected chi connectivity index (χ4v) is 2.76. The first-order valence-electron chi connectivity index (χ1n) is 8.11. The zero-order valence-electron chi connectivity index (χ0n) is 14.8. The highest BCUT2D eigenvalue weighted by atomic mass is 16.6. The van der Waals surface area contributed by atoms with E-state index < -0.39 is 5.60 Å². The largest absolute Gasteiger partial charge is 0.444 e. The van der Waals surface area contributed by atoms with Crippen LogP contribution in [0.15, 0.2) is 18.3 Å². The molecule has 2 heterocycles. The minimum atomic E-state index is -0.474. The molecule has 1 aromatic heterocycles. The van der Waals surface area contributed by atoms with Gasteiger partial charge in [-0.2, -0.15) is 0 Å². The van der Waals surface area contributed by atoms with Crippen LogP contribution in [0, 0.1) is 0 Å². The summed E-state index contributed by atoms with van der Waals surface area (Å²) in [7, 11) is 1.88. The lowest BCUT2D eigenvalue weighted by Gasteiger charge is -2.41. The highest BCUT2D eigenvalue weighted by Gasteiger charge is 2.33. The van der Waals surface area contributed by atoms with Crippen LogP contribution in [-0.2, 0) is 4.74 Å². The Morgan fingerprint density at radius 3 is 2.57 bits per heavy atom. The molecule has 0 spiro atoms. The number of carbonyl (C=O) groups excluding carboxylic acids is 1. The number of hydrogen-bond acceptors (Lipinski definition) is 5. The van der Waals surface area contributed by atoms with Crippen LogP contribution in [0.1, 0.15) is 40.5 Å². The van der Waals surface area contributed by atoms with Gasteiger partial charge in [0.25, 0.3) is 0 Å². The molecule has 1 aliphatic rings. The second-order valence-corrected chi connectivity index (χ2v) is 7.30. The molecule has 0 aliphatic carbocycles. The molecule has 0 bridgehead atoms. The molecule has 1 aromatic rings. The molecule has 0 saturated carbocycles. The molecule has 1 fully saturated rings.